The summed E-state index contributed by atoms with van der Waals surface area (Å²) in [5, 5.41) is 18.7. The first-order valence-corrected chi connectivity index (χ1v) is 16.3. The Hall–Kier alpha value is -2.62. The van der Waals surface area contributed by atoms with Gasteiger partial charge in [0.25, 0.3) is 0 Å². The molecule has 0 N–H and O–H groups in total. The zero-order valence-corrected chi connectivity index (χ0v) is 25.2. The molecule has 0 bridgehead atoms. The van der Waals surface area contributed by atoms with Crippen molar-refractivity contribution in [2.45, 2.75) is 103 Å². The SMILES string of the molecule is CC1CN(C2CCCCCCCCCCC2)CC(C)O1.N#Cc1sc2c(=O)c3ccccc3c(=O)c=2sc1C#N. The molecule has 2 aliphatic carbocycles. The molecule has 0 radical (unpaired) electrons. The van der Waals surface area contributed by atoms with Crippen LogP contribution in [0.5, 0.6) is 0 Å². The molecule has 5 rings (SSSR count). The number of nitrogens with zero attached hydrogens (tertiary/aromatic N) is 3. The van der Waals surface area contributed by atoms with Crippen LogP contribution in [0.4, 0.5) is 0 Å². The van der Waals surface area contributed by atoms with Crippen LogP contribution >= 0.6 is 22.7 Å². The summed E-state index contributed by atoms with van der Waals surface area (Å²) in [5.41, 5.74) is -0.533. The predicted molar refractivity (Wildman–Crippen MR) is 163 cm³/mol. The standard InChI is InChI=1S/C18H35NO.C14H4N2O2S2/c1-16-14-19(15-17(2)20-16)18-12-10-8-6-4-3-5-7-9-11-13-18;15-5-9-10(6-16)20-14-12(18)8-4-2-1-3-7(8)11(17)13(14)19-9/h16-18H,3-15H2,1-2H3;1-4H. The Kier molecular flexibility index (Phi) is 11.3. The molecular formula is C32H39N3O3S2. The Balaban J connectivity index is 0.000000185. The van der Waals surface area contributed by atoms with Crippen LogP contribution in [0, 0.1) is 31.7 Å². The zero-order valence-electron chi connectivity index (χ0n) is 23.6. The fourth-order valence-corrected chi connectivity index (χ4v) is 8.03. The highest BCUT2D eigenvalue weighted by molar-refractivity contribution is 7.18. The number of nitriles is 2. The molecule has 0 amide bonds. The number of fused-ring (bicyclic) bond motifs is 1. The molecule has 1 saturated carbocycles. The lowest BCUT2D eigenvalue weighted by atomic mass is 9.96. The van der Waals surface area contributed by atoms with Gasteiger partial charge in [0.15, 0.2) is 0 Å². The van der Waals surface area contributed by atoms with Crippen molar-refractivity contribution in [3.8, 4) is 12.1 Å². The van der Waals surface area contributed by atoms with E-state index in [2.05, 4.69) is 18.7 Å². The Morgan fingerprint density at radius 1 is 0.725 bits per heavy atom. The summed E-state index contributed by atoms with van der Waals surface area (Å²) in [7, 11) is 0. The van der Waals surface area contributed by atoms with E-state index in [1.165, 1.54) is 70.6 Å². The lowest BCUT2D eigenvalue weighted by Gasteiger charge is -2.40. The first-order chi connectivity index (χ1) is 19.4. The van der Waals surface area contributed by atoms with Crippen LogP contribution in [0.15, 0.2) is 33.9 Å². The number of hydrogen-bond acceptors (Lipinski definition) is 8. The molecule has 212 valence electrons. The number of benzene rings is 1. The molecule has 2 aliphatic heterocycles. The van der Waals surface area contributed by atoms with Crippen molar-refractivity contribution < 1.29 is 4.74 Å². The molecule has 2 atom stereocenters. The van der Waals surface area contributed by atoms with Crippen molar-refractivity contribution in [1.82, 2.24) is 4.90 Å². The lowest BCUT2D eigenvalue weighted by molar-refractivity contribution is -0.0825. The minimum absolute atomic E-state index is 0.164. The van der Waals surface area contributed by atoms with Gasteiger partial charge in [-0.1, -0.05) is 82.1 Å². The van der Waals surface area contributed by atoms with E-state index >= 15 is 0 Å². The van der Waals surface area contributed by atoms with Gasteiger partial charge in [-0.2, -0.15) is 10.5 Å². The average Bonchev–Trinajstić information content (AvgIpc) is 2.95. The van der Waals surface area contributed by atoms with Crippen molar-refractivity contribution >= 4 is 33.4 Å². The maximum absolute atomic E-state index is 12.4. The molecule has 1 saturated heterocycles. The number of rotatable bonds is 1. The molecule has 2 unspecified atom stereocenters. The largest absolute Gasteiger partial charge is 0.373 e. The third-order valence-electron chi connectivity index (χ3n) is 7.89. The molecule has 6 nitrogen and oxygen atoms in total. The fourth-order valence-electron chi connectivity index (χ4n) is 5.98. The van der Waals surface area contributed by atoms with Gasteiger partial charge in [-0.3, -0.25) is 14.5 Å². The van der Waals surface area contributed by atoms with E-state index < -0.39 is 0 Å². The molecule has 1 aromatic carbocycles. The third-order valence-corrected chi connectivity index (χ3v) is 10.3. The summed E-state index contributed by atoms with van der Waals surface area (Å²) < 4.78 is 6.39. The maximum Gasteiger partial charge on any atom is 0.205 e. The summed E-state index contributed by atoms with van der Waals surface area (Å²) >= 11 is 1.82. The summed E-state index contributed by atoms with van der Waals surface area (Å²) in [4.78, 5) is 27.9. The van der Waals surface area contributed by atoms with Gasteiger partial charge in [-0.15, -0.1) is 22.7 Å². The fraction of sp³-hybridized carbons (Fsp3) is 0.562. The highest BCUT2D eigenvalue weighted by Crippen LogP contribution is 2.24. The predicted octanol–water partition coefficient (Wildman–Crippen LogP) is 6.92. The molecule has 8 heteroatoms. The Bertz CT molecular complexity index is 1440. The van der Waals surface area contributed by atoms with Crippen LogP contribution < -0.4 is 10.9 Å². The van der Waals surface area contributed by atoms with E-state index in [-0.39, 0.29) is 29.7 Å². The second-order valence-electron chi connectivity index (χ2n) is 11.1. The topological polar surface area (TPSA) is 94.2 Å². The summed E-state index contributed by atoms with van der Waals surface area (Å²) in [6.45, 7) is 6.76. The van der Waals surface area contributed by atoms with Crippen molar-refractivity contribution in [1.29, 1.82) is 10.5 Å². The molecule has 2 heterocycles. The van der Waals surface area contributed by atoms with Crippen LogP contribution in [0.1, 0.15) is 94.2 Å². The molecule has 1 aromatic rings. The minimum atomic E-state index is -0.266. The van der Waals surface area contributed by atoms with Crippen LogP contribution in [0.2, 0.25) is 0 Å². The summed E-state index contributed by atoms with van der Waals surface area (Å²) in [6.07, 6.45) is 16.8. The Labute approximate surface area is 244 Å². The average molecular weight is 578 g/mol. The van der Waals surface area contributed by atoms with Crippen molar-refractivity contribution in [2.75, 3.05) is 13.1 Å². The van der Waals surface area contributed by atoms with Crippen LogP contribution in [0.3, 0.4) is 0 Å². The minimum Gasteiger partial charge on any atom is -0.373 e. The monoisotopic (exact) mass is 577 g/mol. The first-order valence-electron chi connectivity index (χ1n) is 14.6. The van der Waals surface area contributed by atoms with Gasteiger partial charge in [0.1, 0.15) is 21.9 Å². The molecule has 2 fully saturated rings. The Morgan fingerprint density at radius 2 is 1.12 bits per heavy atom. The molecule has 0 aromatic heterocycles. The number of morpholine rings is 1. The third kappa shape index (κ3) is 7.56. The normalized spacial score (nSPS) is 21.8. The second-order valence-corrected chi connectivity index (χ2v) is 13.1. The zero-order chi connectivity index (χ0) is 28.5. The Morgan fingerprint density at radius 3 is 1.52 bits per heavy atom. The van der Waals surface area contributed by atoms with Crippen molar-refractivity contribution in [3.05, 3.63) is 63.5 Å². The molecular weight excluding hydrogens is 539 g/mol. The summed E-state index contributed by atoms with van der Waals surface area (Å²) in [6, 6.07) is 11.2. The van der Waals surface area contributed by atoms with E-state index in [0.29, 0.717) is 23.0 Å². The van der Waals surface area contributed by atoms with E-state index in [0.717, 1.165) is 41.8 Å². The van der Waals surface area contributed by atoms with Gasteiger partial charge in [-0.05, 0) is 26.7 Å². The highest BCUT2D eigenvalue weighted by Gasteiger charge is 2.27. The van der Waals surface area contributed by atoms with E-state index in [1.807, 2.05) is 12.1 Å². The maximum atomic E-state index is 12.4. The lowest BCUT2D eigenvalue weighted by Crippen LogP contribution is -2.50. The number of ether oxygens (including phenoxy) is 1. The molecule has 0 spiro atoms. The summed E-state index contributed by atoms with van der Waals surface area (Å²) in [5.74, 6) is 0. The van der Waals surface area contributed by atoms with E-state index in [4.69, 9.17) is 15.3 Å². The quantitative estimate of drug-likeness (QED) is 0.312. The second kappa shape index (κ2) is 14.8. The van der Waals surface area contributed by atoms with Gasteiger partial charge in [0, 0.05) is 29.9 Å². The smallest absolute Gasteiger partial charge is 0.205 e. The molecule has 4 aliphatic rings. The first kappa shape index (κ1) is 30.3. The highest BCUT2D eigenvalue weighted by atomic mass is 32.1. The molecule has 40 heavy (non-hydrogen) atoms. The van der Waals surface area contributed by atoms with Crippen molar-refractivity contribution in [3.63, 3.8) is 0 Å². The van der Waals surface area contributed by atoms with Gasteiger partial charge in [0.2, 0.25) is 10.9 Å². The van der Waals surface area contributed by atoms with Crippen LogP contribution in [-0.4, -0.2) is 36.2 Å². The van der Waals surface area contributed by atoms with Gasteiger partial charge < -0.3 is 4.74 Å². The van der Waals surface area contributed by atoms with Gasteiger partial charge in [-0.25, -0.2) is 0 Å². The van der Waals surface area contributed by atoms with Crippen LogP contribution in [0.25, 0.3) is 10.8 Å². The van der Waals surface area contributed by atoms with E-state index in [1.54, 1.807) is 24.3 Å². The van der Waals surface area contributed by atoms with Gasteiger partial charge >= 0.3 is 0 Å². The van der Waals surface area contributed by atoms with Crippen LogP contribution in [-0.2, 0) is 4.74 Å². The number of hydrogen-bond donors (Lipinski definition) is 0. The van der Waals surface area contributed by atoms with E-state index in [9.17, 15) is 9.59 Å². The van der Waals surface area contributed by atoms with Gasteiger partial charge in [0.05, 0.1) is 21.3 Å². The van der Waals surface area contributed by atoms with Crippen molar-refractivity contribution in [2.24, 2.45) is 0 Å².